The third kappa shape index (κ3) is 4.20. The van der Waals surface area contributed by atoms with Crippen molar-refractivity contribution in [2.24, 2.45) is 29.1 Å². The van der Waals surface area contributed by atoms with Crippen molar-refractivity contribution in [3.05, 3.63) is 23.3 Å². The zero-order valence-corrected chi connectivity index (χ0v) is 24.8. The van der Waals surface area contributed by atoms with Crippen molar-refractivity contribution in [3.8, 4) is 11.5 Å². The highest BCUT2D eigenvalue weighted by Crippen LogP contribution is 2.64. The Hall–Kier alpha value is -1.29. The quantitative estimate of drug-likeness (QED) is 0.266. The predicted octanol–water partition coefficient (Wildman–Crippen LogP) is 8.56. The van der Waals surface area contributed by atoms with Gasteiger partial charge in [0.1, 0.15) is 12.0 Å². The summed E-state index contributed by atoms with van der Waals surface area (Å²) in [6.07, 6.45) is 8.61. The fraction of sp³-hybridized carbons (Fsp3) is 0.774. The molecule has 0 saturated heterocycles. The lowest BCUT2D eigenvalue weighted by atomic mass is 9.53. The second-order valence-electron chi connectivity index (χ2n) is 13.3. The van der Waals surface area contributed by atoms with Crippen molar-refractivity contribution < 1.29 is 14.0 Å². The van der Waals surface area contributed by atoms with E-state index in [9.17, 15) is 4.79 Å². The number of rotatable bonds is 8. The number of ether oxygens (including phenoxy) is 1. The van der Waals surface area contributed by atoms with Crippen LogP contribution < -0.4 is 9.16 Å². The molecule has 0 bridgehead atoms. The van der Waals surface area contributed by atoms with Crippen LogP contribution in [-0.2, 0) is 11.2 Å². The monoisotopic (exact) mass is 498 g/mol. The van der Waals surface area contributed by atoms with Gasteiger partial charge in [-0.05, 0) is 107 Å². The molecule has 0 aliphatic heterocycles. The van der Waals surface area contributed by atoms with Crippen molar-refractivity contribution in [1.82, 2.24) is 0 Å². The molecule has 196 valence electrons. The molecule has 35 heavy (non-hydrogen) atoms. The minimum absolute atomic E-state index is 0.185. The Morgan fingerprint density at radius 1 is 0.943 bits per heavy atom. The molecule has 3 aliphatic rings. The minimum Gasteiger partial charge on any atom is -0.540 e. The summed E-state index contributed by atoms with van der Waals surface area (Å²) in [4.78, 5) is 11.7. The van der Waals surface area contributed by atoms with Crippen LogP contribution in [0.5, 0.6) is 11.5 Å². The van der Waals surface area contributed by atoms with Crippen LogP contribution >= 0.6 is 0 Å². The fourth-order valence-corrected chi connectivity index (χ4v) is 14.6. The Labute approximate surface area is 215 Å². The van der Waals surface area contributed by atoms with E-state index in [4.69, 9.17) is 9.16 Å². The van der Waals surface area contributed by atoms with Crippen LogP contribution in [0.15, 0.2) is 12.1 Å². The Bertz CT molecular complexity index is 900. The molecule has 4 rings (SSSR count). The molecular weight excluding hydrogens is 448 g/mol. The molecule has 3 aliphatic carbocycles. The summed E-state index contributed by atoms with van der Waals surface area (Å²) in [5.41, 5.74) is 4.93. The summed E-state index contributed by atoms with van der Waals surface area (Å²) >= 11 is 0. The molecular formula is C31H50O3Si. The minimum atomic E-state index is -2.05. The molecule has 6 atom stereocenters. The van der Waals surface area contributed by atoms with Crippen LogP contribution in [0.3, 0.4) is 0 Å². The first kappa shape index (κ1) is 26.8. The first-order chi connectivity index (χ1) is 16.5. The number of methoxy groups -OCH3 is 1. The van der Waals surface area contributed by atoms with Crippen LogP contribution in [0.1, 0.15) is 105 Å². The van der Waals surface area contributed by atoms with E-state index in [0.29, 0.717) is 33.9 Å². The summed E-state index contributed by atoms with van der Waals surface area (Å²) in [5, 5.41) is 0. The van der Waals surface area contributed by atoms with E-state index in [1.807, 2.05) is 0 Å². The molecule has 1 unspecified atom stereocenters. The van der Waals surface area contributed by atoms with Gasteiger partial charge in [0.2, 0.25) is 0 Å². The first-order valence-corrected chi connectivity index (χ1v) is 16.5. The largest absolute Gasteiger partial charge is 0.540 e. The van der Waals surface area contributed by atoms with Crippen molar-refractivity contribution in [1.29, 1.82) is 0 Å². The van der Waals surface area contributed by atoms with E-state index in [2.05, 4.69) is 67.5 Å². The lowest BCUT2D eigenvalue weighted by Crippen LogP contribution is -2.50. The van der Waals surface area contributed by atoms with Crippen LogP contribution in [-0.4, -0.2) is 21.7 Å². The number of hydrogen-bond acceptors (Lipinski definition) is 3. The van der Waals surface area contributed by atoms with E-state index in [-0.39, 0.29) is 5.92 Å². The summed E-state index contributed by atoms with van der Waals surface area (Å²) in [7, 11) is -0.250. The van der Waals surface area contributed by atoms with E-state index in [1.54, 1.807) is 7.11 Å². The maximum atomic E-state index is 11.7. The van der Waals surface area contributed by atoms with Gasteiger partial charge in [0.15, 0.2) is 5.75 Å². The normalized spacial score (nSPS) is 31.2. The molecule has 0 N–H and O–H groups in total. The average molecular weight is 499 g/mol. The van der Waals surface area contributed by atoms with Crippen molar-refractivity contribution >= 4 is 14.6 Å². The molecule has 2 saturated carbocycles. The second kappa shape index (κ2) is 9.87. The van der Waals surface area contributed by atoms with Gasteiger partial charge in [-0.1, -0.05) is 55.4 Å². The molecule has 3 nitrogen and oxygen atoms in total. The van der Waals surface area contributed by atoms with Crippen molar-refractivity contribution in [2.75, 3.05) is 7.11 Å². The molecule has 4 heteroatoms. The standard InChI is InChI=1S/C31H50O3Si/c1-19(2)35(20(3)4,21(5)6)34-30-16-23-10-11-25-24(26(23)17-29(30)33-9)14-15-31(8)27(22(7)18-32)12-13-28(25)31/h16-22,24-25,27-28H,10-15H2,1-9H3/t22?,24-,25+,27+,28-,31+/m0/s1. The van der Waals surface area contributed by atoms with Gasteiger partial charge < -0.3 is 14.0 Å². The van der Waals surface area contributed by atoms with Gasteiger partial charge in [0.05, 0.1) is 7.11 Å². The predicted molar refractivity (Wildman–Crippen MR) is 148 cm³/mol. The summed E-state index contributed by atoms with van der Waals surface area (Å²) in [6.45, 7) is 18.7. The third-order valence-electron chi connectivity index (χ3n) is 10.9. The average Bonchev–Trinajstić information content (AvgIpc) is 3.17. The maximum Gasteiger partial charge on any atom is 0.258 e. The Balaban J connectivity index is 1.67. The number of benzene rings is 1. The molecule has 0 amide bonds. The Kier molecular flexibility index (Phi) is 7.55. The number of aldehydes is 1. The zero-order valence-electron chi connectivity index (χ0n) is 23.8. The molecule has 0 radical (unpaired) electrons. The highest BCUT2D eigenvalue weighted by molar-refractivity contribution is 6.78. The van der Waals surface area contributed by atoms with E-state index in [1.165, 1.54) is 49.5 Å². The topological polar surface area (TPSA) is 35.5 Å². The molecule has 1 aromatic rings. The Morgan fingerprint density at radius 3 is 2.17 bits per heavy atom. The number of hydrogen-bond donors (Lipinski definition) is 0. The first-order valence-electron chi connectivity index (χ1n) is 14.4. The number of carbonyl (C=O) groups is 1. The van der Waals surface area contributed by atoms with Gasteiger partial charge in [-0.15, -0.1) is 0 Å². The lowest BCUT2D eigenvalue weighted by molar-refractivity contribution is -0.114. The third-order valence-corrected chi connectivity index (χ3v) is 16.9. The molecule has 0 heterocycles. The van der Waals surface area contributed by atoms with Gasteiger partial charge >= 0.3 is 0 Å². The zero-order chi connectivity index (χ0) is 25.7. The lowest BCUT2D eigenvalue weighted by Gasteiger charge is -2.51. The van der Waals surface area contributed by atoms with Crippen molar-refractivity contribution in [2.45, 2.75) is 116 Å². The second-order valence-corrected chi connectivity index (χ2v) is 18.6. The van der Waals surface area contributed by atoms with Crippen LogP contribution in [0.2, 0.25) is 16.6 Å². The van der Waals surface area contributed by atoms with Crippen LogP contribution in [0, 0.1) is 29.1 Å². The number of fused-ring (bicyclic) bond motifs is 5. The molecule has 0 aromatic heterocycles. The summed E-state index contributed by atoms with van der Waals surface area (Å²) < 4.78 is 13.1. The van der Waals surface area contributed by atoms with Crippen LogP contribution in [0.4, 0.5) is 0 Å². The molecule has 1 aromatic carbocycles. The van der Waals surface area contributed by atoms with Crippen molar-refractivity contribution in [3.63, 3.8) is 0 Å². The van der Waals surface area contributed by atoms with Gasteiger partial charge in [-0.2, -0.15) is 0 Å². The Morgan fingerprint density at radius 2 is 1.60 bits per heavy atom. The fourth-order valence-electron chi connectivity index (χ4n) is 9.36. The summed E-state index contributed by atoms with van der Waals surface area (Å²) in [5.74, 6) is 4.74. The summed E-state index contributed by atoms with van der Waals surface area (Å²) in [6, 6.07) is 4.71. The van der Waals surface area contributed by atoms with Gasteiger partial charge in [-0.25, -0.2) is 0 Å². The maximum absolute atomic E-state index is 11.7. The van der Waals surface area contributed by atoms with Gasteiger partial charge in [0, 0.05) is 5.92 Å². The van der Waals surface area contributed by atoms with E-state index >= 15 is 0 Å². The SMILES string of the molecule is COc1cc2c(cc1O[Si](C(C)C)(C(C)C)C(C)C)CC[C@@H]1[C@@H]2CC[C@]2(C)[C@@H](C(C)C=O)CC[C@@H]12. The van der Waals surface area contributed by atoms with Gasteiger partial charge in [-0.3, -0.25) is 0 Å². The molecule has 2 fully saturated rings. The highest BCUT2D eigenvalue weighted by atomic mass is 28.4. The highest BCUT2D eigenvalue weighted by Gasteiger charge is 2.56. The molecule has 0 spiro atoms. The smallest absolute Gasteiger partial charge is 0.258 e. The van der Waals surface area contributed by atoms with Gasteiger partial charge in [0.25, 0.3) is 8.32 Å². The van der Waals surface area contributed by atoms with E-state index in [0.717, 1.165) is 29.8 Å². The number of carbonyl (C=O) groups excluding carboxylic acids is 1. The van der Waals surface area contributed by atoms with E-state index < -0.39 is 8.32 Å². The van der Waals surface area contributed by atoms with Crippen LogP contribution in [0.25, 0.3) is 0 Å². The number of aryl methyl sites for hydroxylation is 1.